The SMILES string of the molecule is COCCNC(=S)N[C@@H](C)c1ccc(-c2ccccc2)cc1. The highest BCUT2D eigenvalue weighted by atomic mass is 32.1. The Bertz CT molecular complexity index is 584. The summed E-state index contributed by atoms with van der Waals surface area (Å²) < 4.78 is 4.99. The highest BCUT2D eigenvalue weighted by molar-refractivity contribution is 7.80. The molecule has 0 aliphatic rings. The number of methoxy groups -OCH3 is 1. The van der Waals surface area contributed by atoms with Crippen molar-refractivity contribution in [1.29, 1.82) is 0 Å². The van der Waals surface area contributed by atoms with E-state index >= 15 is 0 Å². The first-order valence-corrected chi connectivity index (χ1v) is 7.80. The van der Waals surface area contributed by atoms with Crippen LogP contribution < -0.4 is 10.6 Å². The molecule has 0 heterocycles. The van der Waals surface area contributed by atoms with E-state index in [1.165, 1.54) is 16.7 Å². The smallest absolute Gasteiger partial charge is 0.166 e. The van der Waals surface area contributed by atoms with E-state index in [1.54, 1.807) is 7.11 Å². The quantitative estimate of drug-likeness (QED) is 0.631. The van der Waals surface area contributed by atoms with Gasteiger partial charge < -0.3 is 15.4 Å². The summed E-state index contributed by atoms with van der Waals surface area (Å²) in [5.74, 6) is 0. The van der Waals surface area contributed by atoms with Crippen molar-refractivity contribution >= 4 is 17.3 Å². The van der Waals surface area contributed by atoms with Crippen LogP contribution in [0.1, 0.15) is 18.5 Å². The van der Waals surface area contributed by atoms with Crippen LogP contribution in [0.2, 0.25) is 0 Å². The van der Waals surface area contributed by atoms with E-state index < -0.39 is 0 Å². The Morgan fingerprint density at radius 2 is 1.68 bits per heavy atom. The Hall–Kier alpha value is -1.91. The van der Waals surface area contributed by atoms with Gasteiger partial charge in [-0.2, -0.15) is 0 Å². The van der Waals surface area contributed by atoms with E-state index in [4.69, 9.17) is 17.0 Å². The van der Waals surface area contributed by atoms with E-state index in [9.17, 15) is 0 Å². The lowest BCUT2D eigenvalue weighted by molar-refractivity contribution is 0.204. The first kappa shape index (κ1) is 16.5. The van der Waals surface area contributed by atoms with Crippen LogP contribution in [-0.2, 0) is 4.74 Å². The number of hydrogen-bond acceptors (Lipinski definition) is 2. The van der Waals surface area contributed by atoms with Gasteiger partial charge in [-0.3, -0.25) is 0 Å². The average Bonchev–Trinajstić information content (AvgIpc) is 2.56. The third-order valence-electron chi connectivity index (χ3n) is 3.46. The summed E-state index contributed by atoms with van der Waals surface area (Å²) in [4.78, 5) is 0. The third kappa shape index (κ3) is 4.83. The van der Waals surface area contributed by atoms with Crippen LogP contribution in [0, 0.1) is 0 Å². The number of hydrogen-bond donors (Lipinski definition) is 2. The van der Waals surface area contributed by atoms with E-state index in [2.05, 4.69) is 66.1 Å². The minimum absolute atomic E-state index is 0.160. The van der Waals surface area contributed by atoms with Gasteiger partial charge in [-0.1, -0.05) is 54.6 Å². The highest BCUT2D eigenvalue weighted by Gasteiger charge is 2.07. The molecule has 0 unspecified atom stereocenters. The Labute approximate surface area is 137 Å². The van der Waals surface area contributed by atoms with Crippen molar-refractivity contribution < 1.29 is 4.74 Å². The van der Waals surface area contributed by atoms with Gasteiger partial charge in [0.1, 0.15) is 0 Å². The highest BCUT2D eigenvalue weighted by Crippen LogP contribution is 2.21. The van der Waals surface area contributed by atoms with Crippen molar-refractivity contribution in [3.8, 4) is 11.1 Å². The molecule has 0 aliphatic carbocycles. The van der Waals surface area contributed by atoms with Crippen LogP contribution in [0.5, 0.6) is 0 Å². The molecule has 1 atom stereocenters. The largest absolute Gasteiger partial charge is 0.383 e. The van der Waals surface area contributed by atoms with Crippen molar-refractivity contribution in [2.24, 2.45) is 0 Å². The number of nitrogens with one attached hydrogen (secondary N) is 2. The lowest BCUT2D eigenvalue weighted by atomic mass is 10.0. The molecule has 0 saturated heterocycles. The van der Waals surface area contributed by atoms with Gasteiger partial charge in [0.25, 0.3) is 0 Å². The molecule has 116 valence electrons. The minimum Gasteiger partial charge on any atom is -0.383 e. The molecule has 2 rings (SSSR count). The summed E-state index contributed by atoms with van der Waals surface area (Å²) in [5.41, 5.74) is 3.65. The van der Waals surface area contributed by atoms with Crippen LogP contribution in [0.3, 0.4) is 0 Å². The minimum atomic E-state index is 0.160. The first-order chi connectivity index (χ1) is 10.7. The summed E-state index contributed by atoms with van der Waals surface area (Å²) in [6.45, 7) is 3.45. The van der Waals surface area contributed by atoms with Gasteiger partial charge >= 0.3 is 0 Å². The van der Waals surface area contributed by atoms with Gasteiger partial charge in [-0.05, 0) is 35.8 Å². The van der Waals surface area contributed by atoms with Crippen molar-refractivity contribution in [3.63, 3.8) is 0 Å². The third-order valence-corrected chi connectivity index (χ3v) is 3.72. The lowest BCUT2D eigenvalue weighted by Crippen LogP contribution is -2.38. The molecular formula is C18H22N2OS. The van der Waals surface area contributed by atoms with Crippen molar-refractivity contribution in [1.82, 2.24) is 10.6 Å². The molecule has 0 amide bonds. The van der Waals surface area contributed by atoms with Gasteiger partial charge in [-0.15, -0.1) is 0 Å². The maximum atomic E-state index is 5.27. The molecular weight excluding hydrogens is 292 g/mol. The molecule has 4 heteroatoms. The average molecular weight is 314 g/mol. The summed E-state index contributed by atoms with van der Waals surface area (Å²) in [5, 5.41) is 7.05. The summed E-state index contributed by atoms with van der Waals surface area (Å²) >= 11 is 5.27. The Morgan fingerprint density at radius 1 is 1.05 bits per heavy atom. The van der Waals surface area contributed by atoms with E-state index in [0.717, 1.165) is 0 Å². The standard InChI is InChI=1S/C18H22N2OS/c1-14(20-18(22)19-12-13-21-2)15-8-10-17(11-9-15)16-6-4-3-5-7-16/h3-11,14H,12-13H2,1-2H3,(H2,19,20,22)/t14-/m0/s1. The van der Waals surface area contributed by atoms with E-state index in [-0.39, 0.29) is 6.04 Å². The molecule has 0 spiro atoms. The topological polar surface area (TPSA) is 33.3 Å². The van der Waals surface area contributed by atoms with Crippen molar-refractivity contribution in [2.45, 2.75) is 13.0 Å². The number of ether oxygens (including phenoxy) is 1. The van der Waals surface area contributed by atoms with Gasteiger partial charge in [0.05, 0.1) is 12.6 Å². The lowest BCUT2D eigenvalue weighted by Gasteiger charge is -2.17. The molecule has 22 heavy (non-hydrogen) atoms. The second kappa shape index (κ2) is 8.51. The fourth-order valence-electron chi connectivity index (χ4n) is 2.19. The monoisotopic (exact) mass is 314 g/mol. The zero-order valence-corrected chi connectivity index (χ0v) is 13.8. The molecule has 2 N–H and O–H groups in total. The number of thiocarbonyl (C=S) groups is 1. The van der Waals surface area contributed by atoms with Crippen molar-refractivity contribution in [2.75, 3.05) is 20.3 Å². The van der Waals surface area contributed by atoms with Gasteiger partial charge in [-0.25, -0.2) is 0 Å². The molecule has 0 aromatic heterocycles. The molecule has 2 aromatic rings. The second-order valence-electron chi connectivity index (χ2n) is 5.10. The maximum Gasteiger partial charge on any atom is 0.166 e. The zero-order chi connectivity index (χ0) is 15.8. The van der Waals surface area contributed by atoms with Crippen molar-refractivity contribution in [3.05, 3.63) is 60.2 Å². The molecule has 0 saturated carbocycles. The van der Waals surface area contributed by atoms with Crippen LogP contribution in [-0.4, -0.2) is 25.4 Å². The fraction of sp³-hybridized carbons (Fsp3) is 0.278. The molecule has 0 fully saturated rings. The normalized spacial score (nSPS) is 11.7. The van der Waals surface area contributed by atoms with E-state index in [0.29, 0.717) is 18.3 Å². The molecule has 0 radical (unpaired) electrons. The summed E-state index contributed by atoms with van der Waals surface area (Å²) in [7, 11) is 1.68. The van der Waals surface area contributed by atoms with Gasteiger partial charge in [0.2, 0.25) is 0 Å². The Kier molecular flexibility index (Phi) is 6.37. The van der Waals surface area contributed by atoms with Crippen LogP contribution in [0.25, 0.3) is 11.1 Å². The summed E-state index contributed by atoms with van der Waals surface area (Å²) in [6.07, 6.45) is 0. The Balaban J connectivity index is 1.94. The molecule has 0 aliphatic heterocycles. The van der Waals surface area contributed by atoms with Gasteiger partial charge in [0, 0.05) is 13.7 Å². The predicted molar refractivity (Wildman–Crippen MR) is 95.9 cm³/mol. The Morgan fingerprint density at radius 3 is 2.32 bits per heavy atom. The van der Waals surface area contributed by atoms with Crippen LogP contribution in [0.15, 0.2) is 54.6 Å². The second-order valence-corrected chi connectivity index (χ2v) is 5.51. The number of benzene rings is 2. The molecule has 0 bridgehead atoms. The summed E-state index contributed by atoms with van der Waals surface area (Å²) in [6, 6.07) is 19.1. The van der Waals surface area contributed by atoms with Gasteiger partial charge in [0.15, 0.2) is 5.11 Å². The molecule has 2 aromatic carbocycles. The molecule has 3 nitrogen and oxygen atoms in total. The fourth-order valence-corrected chi connectivity index (χ4v) is 2.47. The first-order valence-electron chi connectivity index (χ1n) is 7.39. The van der Waals surface area contributed by atoms with E-state index in [1.807, 2.05) is 6.07 Å². The number of rotatable bonds is 6. The van der Waals surface area contributed by atoms with Crippen LogP contribution >= 0.6 is 12.2 Å². The maximum absolute atomic E-state index is 5.27. The van der Waals surface area contributed by atoms with Crippen LogP contribution in [0.4, 0.5) is 0 Å². The zero-order valence-electron chi connectivity index (χ0n) is 13.0. The predicted octanol–water partition coefficient (Wildman–Crippen LogP) is 3.53.